The number of piperazine rings is 1. The molecule has 0 bridgehead atoms. The summed E-state index contributed by atoms with van der Waals surface area (Å²) in [6.07, 6.45) is -5.68. The molecular formula is C30H30ClF5N8O2. The molecule has 1 amide bonds. The largest absolute Gasteiger partial charge is 0.462 e. The second-order valence-electron chi connectivity index (χ2n) is 11.4. The maximum atomic E-state index is 14.2. The van der Waals surface area contributed by atoms with Crippen molar-refractivity contribution in [2.45, 2.75) is 44.2 Å². The predicted molar refractivity (Wildman–Crippen MR) is 162 cm³/mol. The van der Waals surface area contributed by atoms with Crippen LogP contribution in [-0.4, -0.2) is 88.7 Å². The molecule has 4 heterocycles. The zero-order chi connectivity index (χ0) is 33.5. The molecule has 0 aliphatic carbocycles. The van der Waals surface area contributed by atoms with Crippen LogP contribution in [0.2, 0.25) is 5.02 Å². The van der Waals surface area contributed by atoms with Gasteiger partial charge in [-0.2, -0.15) is 28.4 Å². The number of nitriles is 1. The Hall–Kier alpha value is -4.29. The lowest BCUT2D eigenvalue weighted by atomic mass is 9.99. The molecule has 16 heteroatoms. The summed E-state index contributed by atoms with van der Waals surface area (Å²) in [5.41, 5.74) is 4.29. The molecule has 1 aromatic carbocycles. The highest BCUT2D eigenvalue weighted by Crippen LogP contribution is 2.43. The Bertz CT molecular complexity index is 1730. The van der Waals surface area contributed by atoms with Gasteiger partial charge < -0.3 is 20.3 Å². The molecule has 2 saturated heterocycles. The number of halogens is 6. The first-order chi connectivity index (χ1) is 21.7. The van der Waals surface area contributed by atoms with Crippen LogP contribution in [-0.2, 0) is 11.0 Å². The molecule has 2 aromatic heterocycles. The Kier molecular flexibility index (Phi) is 9.23. The van der Waals surface area contributed by atoms with Crippen molar-refractivity contribution in [3.05, 3.63) is 46.8 Å². The number of nitrogens with zero attached hydrogens (tertiary/aromatic N) is 7. The topological polar surface area (TPSA) is 124 Å². The zero-order valence-electron chi connectivity index (χ0n) is 24.9. The number of likely N-dealkylation sites (tertiary alicyclic amines) is 1. The molecule has 3 atom stereocenters. The van der Waals surface area contributed by atoms with Gasteiger partial charge in [-0.3, -0.25) is 9.69 Å². The Labute approximate surface area is 266 Å². The van der Waals surface area contributed by atoms with Crippen LogP contribution in [0.4, 0.5) is 33.6 Å². The normalized spacial score (nSPS) is 20.6. The van der Waals surface area contributed by atoms with Crippen LogP contribution in [0.15, 0.2) is 30.6 Å². The fourth-order valence-electron chi connectivity index (χ4n) is 5.98. The highest BCUT2D eigenvalue weighted by molar-refractivity contribution is 6.34. The number of benzene rings is 1. The van der Waals surface area contributed by atoms with Gasteiger partial charge in [-0.15, -0.1) is 0 Å². The SMILES string of the molecule is C=C(F)C(=O)N1CCN(c2nc(OC[C@@H]3C[C@@H](F)CN3C)nc3cc(-c4nc(N)cc(C)c4C(F)(F)F)c(Cl)cc23)CC1CC#N. The maximum Gasteiger partial charge on any atom is 0.418 e. The van der Waals surface area contributed by atoms with Gasteiger partial charge >= 0.3 is 12.2 Å². The molecule has 2 aliphatic rings. The molecule has 244 valence electrons. The van der Waals surface area contributed by atoms with Crippen LogP contribution in [0.1, 0.15) is 24.0 Å². The average molecular weight is 665 g/mol. The summed E-state index contributed by atoms with van der Waals surface area (Å²) < 4.78 is 76.3. The quantitative estimate of drug-likeness (QED) is 0.272. The minimum atomic E-state index is -4.77. The Morgan fingerprint density at radius 3 is 2.57 bits per heavy atom. The number of fused-ring (bicyclic) bond motifs is 1. The number of hydrogen-bond acceptors (Lipinski definition) is 9. The van der Waals surface area contributed by atoms with E-state index >= 15 is 0 Å². The van der Waals surface area contributed by atoms with Crippen LogP contribution in [0.25, 0.3) is 22.2 Å². The molecule has 2 fully saturated rings. The van der Waals surface area contributed by atoms with Gasteiger partial charge in [-0.05, 0) is 44.2 Å². The molecular weight excluding hydrogens is 635 g/mol. The van der Waals surface area contributed by atoms with E-state index in [1.807, 2.05) is 6.07 Å². The molecule has 2 N–H and O–H groups in total. The van der Waals surface area contributed by atoms with E-state index in [0.29, 0.717) is 5.39 Å². The Balaban J connectivity index is 1.63. The highest BCUT2D eigenvalue weighted by Gasteiger charge is 2.38. The lowest BCUT2D eigenvalue weighted by molar-refractivity contribution is -0.137. The number of nitrogens with two attached hydrogens (primary N) is 1. The maximum absolute atomic E-state index is 14.2. The number of ether oxygens (including phenoxy) is 1. The number of carbonyl (C=O) groups excluding carboxylic acids is 1. The van der Waals surface area contributed by atoms with Crippen molar-refractivity contribution in [2.75, 3.05) is 50.5 Å². The molecule has 5 rings (SSSR count). The van der Waals surface area contributed by atoms with Crippen molar-refractivity contribution in [1.82, 2.24) is 24.8 Å². The number of carbonyl (C=O) groups is 1. The number of pyridine rings is 1. The summed E-state index contributed by atoms with van der Waals surface area (Å²) >= 11 is 6.63. The number of aryl methyl sites for hydroxylation is 1. The molecule has 1 unspecified atom stereocenters. The number of hydrogen-bond donors (Lipinski definition) is 1. The van der Waals surface area contributed by atoms with Crippen molar-refractivity contribution in [1.29, 1.82) is 5.26 Å². The standard InChI is InChI=1S/C30H30ClF5N8O2/c1-15-8-24(38)40-26(25(15)30(34,35)36)20-11-23-21(10-22(20)31)27(41-29(39-23)46-14-19-9-17(33)12-42(19)3)43-6-7-44(28(45)16(2)32)18(13-43)4-5-37/h8,10-11,17-19H,2,4,6-7,9,12-14H2,1,3H3,(H2,38,40)/t17-,18?,19+/m1/s1. The first kappa shape index (κ1) is 33.1. The monoisotopic (exact) mass is 664 g/mol. The summed E-state index contributed by atoms with van der Waals surface area (Å²) in [4.78, 5) is 30.3. The van der Waals surface area contributed by atoms with Crippen LogP contribution >= 0.6 is 11.6 Å². The molecule has 46 heavy (non-hydrogen) atoms. The van der Waals surface area contributed by atoms with E-state index in [1.165, 1.54) is 24.0 Å². The van der Waals surface area contributed by atoms with Crippen molar-refractivity contribution < 1.29 is 31.5 Å². The highest BCUT2D eigenvalue weighted by atomic mass is 35.5. The van der Waals surface area contributed by atoms with E-state index < -0.39 is 41.4 Å². The molecule has 0 spiro atoms. The predicted octanol–water partition coefficient (Wildman–Crippen LogP) is 5.09. The van der Waals surface area contributed by atoms with E-state index in [0.717, 1.165) is 6.07 Å². The van der Waals surface area contributed by atoms with Gasteiger partial charge in [0.05, 0.1) is 40.3 Å². The van der Waals surface area contributed by atoms with Crippen molar-refractivity contribution in [3.63, 3.8) is 0 Å². The Morgan fingerprint density at radius 2 is 1.93 bits per heavy atom. The van der Waals surface area contributed by atoms with Crippen LogP contribution in [0.3, 0.4) is 0 Å². The fraction of sp³-hybridized carbons (Fsp3) is 0.433. The number of nitrogen functional groups attached to an aromatic ring is 1. The number of alkyl halides is 4. The number of aromatic nitrogens is 3. The van der Waals surface area contributed by atoms with Gasteiger partial charge in [-0.1, -0.05) is 18.2 Å². The van der Waals surface area contributed by atoms with E-state index in [9.17, 15) is 32.0 Å². The third kappa shape index (κ3) is 6.63. The number of amides is 1. The third-order valence-electron chi connectivity index (χ3n) is 8.16. The number of anilines is 2. The van der Waals surface area contributed by atoms with E-state index in [1.54, 1.807) is 16.8 Å². The lowest BCUT2D eigenvalue weighted by Crippen LogP contribution is -2.55. The molecule has 2 aliphatic heterocycles. The second-order valence-corrected chi connectivity index (χ2v) is 11.8. The smallest absolute Gasteiger partial charge is 0.418 e. The van der Waals surface area contributed by atoms with E-state index in [4.69, 9.17) is 22.1 Å². The van der Waals surface area contributed by atoms with E-state index in [2.05, 4.69) is 21.5 Å². The average Bonchev–Trinajstić information content (AvgIpc) is 3.30. The first-order valence-corrected chi connectivity index (χ1v) is 14.7. The summed E-state index contributed by atoms with van der Waals surface area (Å²) in [5, 5.41) is 9.67. The van der Waals surface area contributed by atoms with Crippen molar-refractivity contribution >= 4 is 40.0 Å². The third-order valence-corrected chi connectivity index (χ3v) is 8.48. The molecule has 0 saturated carbocycles. The van der Waals surface area contributed by atoms with Gasteiger partial charge in [0, 0.05) is 43.2 Å². The zero-order valence-corrected chi connectivity index (χ0v) is 25.7. The summed E-state index contributed by atoms with van der Waals surface area (Å²) in [7, 11) is 1.76. The van der Waals surface area contributed by atoms with Crippen LogP contribution in [0.5, 0.6) is 6.01 Å². The van der Waals surface area contributed by atoms with E-state index in [-0.39, 0.29) is 91.0 Å². The lowest BCUT2D eigenvalue weighted by Gasteiger charge is -2.41. The van der Waals surface area contributed by atoms with Crippen LogP contribution in [0, 0.1) is 18.3 Å². The fourth-order valence-corrected chi connectivity index (χ4v) is 6.23. The molecule has 0 radical (unpaired) electrons. The Morgan fingerprint density at radius 1 is 1.20 bits per heavy atom. The summed E-state index contributed by atoms with van der Waals surface area (Å²) in [6.45, 7) is 4.85. The second kappa shape index (κ2) is 12.8. The summed E-state index contributed by atoms with van der Waals surface area (Å²) in [6, 6.07) is 4.74. The van der Waals surface area contributed by atoms with Gasteiger partial charge in [0.1, 0.15) is 24.4 Å². The van der Waals surface area contributed by atoms with Gasteiger partial charge in [0.25, 0.3) is 5.91 Å². The minimum absolute atomic E-state index is 0.0216. The van der Waals surface area contributed by atoms with Gasteiger partial charge in [0.15, 0.2) is 5.83 Å². The molecule has 10 nitrogen and oxygen atoms in total. The van der Waals surface area contributed by atoms with Gasteiger partial charge in [0.2, 0.25) is 0 Å². The van der Waals surface area contributed by atoms with Crippen molar-refractivity contribution in [2.24, 2.45) is 0 Å². The summed E-state index contributed by atoms with van der Waals surface area (Å²) in [5.74, 6) is -1.96. The molecule has 3 aromatic rings. The minimum Gasteiger partial charge on any atom is -0.462 e. The number of rotatable bonds is 7. The van der Waals surface area contributed by atoms with Crippen molar-refractivity contribution in [3.8, 4) is 23.3 Å². The number of likely N-dealkylation sites (N-methyl/N-ethyl adjacent to an activating group) is 1. The van der Waals surface area contributed by atoms with Gasteiger partial charge in [-0.25, -0.2) is 13.8 Å². The first-order valence-electron chi connectivity index (χ1n) is 14.3. The van der Waals surface area contributed by atoms with Crippen LogP contribution < -0.4 is 15.4 Å².